The predicted octanol–water partition coefficient (Wildman–Crippen LogP) is 3.43. The van der Waals surface area contributed by atoms with Gasteiger partial charge < -0.3 is 0 Å². The minimum absolute atomic E-state index is 0.279. The number of hydrogen-bond acceptors (Lipinski definition) is 4. The molecule has 0 saturated heterocycles. The van der Waals surface area contributed by atoms with Gasteiger partial charge in [-0.15, -0.1) is 11.8 Å². The molecule has 0 fully saturated rings. The van der Waals surface area contributed by atoms with Crippen molar-refractivity contribution in [1.82, 2.24) is 14.1 Å². The lowest BCUT2D eigenvalue weighted by molar-refractivity contribution is 0.638. The number of fused-ring (bicyclic) bond motifs is 1. The van der Waals surface area contributed by atoms with Crippen molar-refractivity contribution < 1.29 is 0 Å². The quantitative estimate of drug-likeness (QED) is 0.634. The van der Waals surface area contributed by atoms with Crippen LogP contribution in [0.4, 0.5) is 0 Å². The third kappa shape index (κ3) is 3.72. The number of aromatic nitrogens is 3. The fourth-order valence-corrected chi connectivity index (χ4v) is 4.48. The molecule has 0 aliphatic carbocycles. The third-order valence-electron chi connectivity index (χ3n) is 4.76. The van der Waals surface area contributed by atoms with Crippen LogP contribution in [0, 0.1) is 12.8 Å². The topological polar surface area (TPSA) is 56.9 Å². The van der Waals surface area contributed by atoms with E-state index < -0.39 is 0 Å². The zero-order chi connectivity index (χ0) is 19.7. The van der Waals surface area contributed by atoms with Gasteiger partial charge in [0, 0.05) is 30.9 Å². The summed E-state index contributed by atoms with van der Waals surface area (Å²) < 4.78 is 2.62. The summed E-state index contributed by atoms with van der Waals surface area (Å²) in [5.74, 6) is 1.21. The van der Waals surface area contributed by atoms with Gasteiger partial charge in [-0.1, -0.05) is 38.1 Å². The molecule has 1 aromatic carbocycles. The molecular weight excluding hydrogens is 358 g/mol. The molecule has 142 valence electrons. The summed E-state index contributed by atoms with van der Waals surface area (Å²) in [6, 6.07) is 8.27. The van der Waals surface area contributed by atoms with Crippen LogP contribution in [0.2, 0.25) is 0 Å². The lowest BCUT2D eigenvalue weighted by Crippen LogP contribution is -2.37. The molecule has 0 unspecified atom stereocenters. The number of pyridine rings is 1. The van der Waals surface area contributed by atoms with E-state index >= 15 is 0 Å². The Labute approximate surface area is 163 Å². The van der Waals surface area contributed by atoms with E-state index in [4.69, 9.17) is 0 Å². The molecule has 6 heteroatoms. The molecule has 0 atom stereocenters. The maximum absolute atomic E-state index is 12.9. The van der Waals surface area contributed by atoms with Crippen molar-refractivity contribution in [3.63, 3.8) is 0 Å². The van der Waals surface area contributed by atoms with E-state index in [1.807, 2.05) is 18.3 Å². The lowest BCUT2D eigenvalue weighted by Gasteiger charge is -2.16. The average Bonchev–Trinajstić information content (AvgIpc) is 2.64. The highest BCUT2D eigenvalue weighted by Crippen LogP contribution is 2.32. The molecule has 0 aliphatic heterocycles. The van der Waals surface area contributed by atoms with Gasteiger partial charge in [0.2, 0.25) is 0 Å². The predicted molar refractivity (Wildman–Crippen MR) is 112 cm³/mol. The van der Waals surface area contributed by atoms with E-state index in [1.54, 1.807) is 18.8 Å². The second-order valence-corrected chi connectivity index (χ2v) is 8.32. The Morgan fingerprint density at radius 3 is 2.44 bits per heavy atom. The first-order valence-electron chi connectivity index (χ1n) is 9.06. The molecule has 0 N–H and O–H groups in total. The summed E-state index contributed by atoms with van der Waals surface area (Å²) in [6.45, 7) is 6.40. The number of nitrogens with zero attached hydrogens (tertiary/aromatic N) is 3. The first-order chi connectivity index (χ1) is 12.8. The summed E-state index contributed by atoms with van der Waals surface area (Å²) in [6.07, 6.45) is 2.66. The fourth-order valence-electron chi connectivity index (χ4n) is 3.21. The molecule has 0 amide bonds. The Kier molecular flexibility index (Phi) is 5.56. The second-order valence-electron chi connectivity index (χ2n) is 7.33. The smallest absolute Gasteiger partial charge is 0.280 e. The van der Waals surface area contributed by atoms with Crippen LogP contribution in [0.5, 0.6) is 0 Å². The highest BCUT2D eigenvalue weighted by Gasteiger charge is 2.18. The molecule has 27 heavy (non-hydrogen) atoms. The van der Waals surface area contributed by atoms with E-state index in [1.165, 1.54) is 27.3 Å². The van der Waals surface area contributed by atoms with Crippen molar-refractivity contribution in [2.24, 2.45) is 20.0 Å². The van der Waals surface area contributed by atoms with Crippen molar-refractivity contribution in [2.45, 2.75) is 37.8 Å². The SMILES string of the molecule is Cc1ccccc1CSc1c(CC(C)C)cnc2c1c(=O)n(C)c(=O)n2C. The summed E-state index contributed by atoms with van der Waals surface area (Å²) in [5, 5.41) is 0.538. The Morgan fingerprint density at radius 2 is 1.78 bits per heavy atom. The van der Waals surface area contributed by atoms with Crippen molar-refractivity contribution in [1.29, 1.82) is 0 Å². The van der Waals surface area contributed by atoms with Gasteiger partial charge in [0.25, 0.3) is 5.56 Å². The highest BCUT2D eigenvalue weighted by molar-refractivity contribution is 7.98. The van der Waals surface area contributed by atoms with Gasteiger partial charge in [-0.3, -0.25) is 13.9 Å². The number of benzene rings is 1. The maximum Gasteiger partial charge on any atom is 0.332 e. The summed E-state index contributed by atoms with van der Waals surface area (Å²) in [5.41, 5.74) is 3.35. The number of aryl methyl sites for hydroxylation is 2. The van der Waals surface area contributed by atoms with Crippen molar-refractivity contribution >= 4 is 22.8 Å². The normalized spacial score (nSPS) is 11.5. The van der Waals surface area contributed by atoms with Crippen molar-refractivity contribution in [3.8, 4) is 0 Å². The van der Waals surface area contributed by atoms with Crippen molar-refractivity contribution in [2.75, 3.05) is 0 Å². The first-order valence-corrected chi connectivity index (χ1v) is 10.0. The molecule has 2 heterocycles. The van der Waals surface area contributed by atoms with Crippen LogP contribution in [0.1, 0.15) is 30.5 Å². The van der Waals surface area contributed by atoms with Crippen LogP contribution >= 0.6 is 11.8 Å². The van der Waals surface area contributed by atoms with Crippen LogP contribution < -0.4 is 11.2 Å². The molecule has 3 aromatic rings. The van der Waals surface area contributed by atoms with E-state index in [9.17, 15) is 9.59 Å². The molecule has 0 radical (unpaired) electrons. The van der Waals surface area contributed by atoms with E-state index in [0.29, 0.717) is 17.0 Å². The molecule has 0 bridgehead atoms. The van der Waals surface area contributed by atoms with E-state index in [-0.39, 0.29) is 11.2 Å². The second kappa shape index (κ2) is 7.72. The van der Waals surface area contributed by atoms with Crippen LogP contribution in [0.25, 0.3) is 11.0 Å². The van der Waals surface area contributed by atoms with Crippen LogP contribution in [-0.2, 0) is 26.3 Å². The number of hydrogen-bond donors (Lipinski definition) is 0. The summed E-state index contributed by atoms with van der Waals surface area (Å²) in [4.78, 5) is 30.6. The minimum atomic E-state index is -0.355. The number of rotatable bonds is 5. The van der Waals surface area contributed by atoms with E-state index in [2.05, 4.69) is 37.9 Å². The average molecular weight is 384 g/mol. The molecule has 0 spiro atoms. The largest absolute Gasteiger partial charge is 0.332 e. The number of thioether (sulfide) groups is 1. The van der Waals surface area contributed by atoms with Crippen LogP contribution in [0.15, 0.2) is 44.9 Å². The van der Waals surface area contributed by atoms with Gasteiger partial charge in [0.15, 0.2) is 0 Å². The summed E-state index contributed by atoms with van der Waals surface area (Å²) in [7, 11) is 3.18. The van der Waals surface area contributed by atoms with Gasteiger partial charge in [-0.05, 0) is 36.0 Å². The van der Waals surface area contributed by atoms with Crippen molar-refractivity contribution in [3.05, 3.63) is 68.0 Å². The molecule has 2 aromatic heterocycles. The molecule has 0 aliphatic rings. The fraction of sp³-hybridized carbons (Fsp3) is 0.381. The van der Waals surface area contributed by atoms with Crippen LogP contribution in [-0.4, -0.2) is 14.1 Å². The molecule has 3 rings (SSSR count). The van der Waals surface area contributed by atoms with E-state index in [0.717, 1.165) is 22.6 Å². The molecule has 0 saturated carbocycles. The standard InChI is InChI=1S/C21H25N3O2S/c1-13(2)10-16-11-22-19-17(20(25)24(5)21(26)23(19)4)18(16)27-12-15-9-7-6-8-14(15)3/h6-9,11,13H,10,12H2,1-5H3. The van der Waals surface area contributed by atoms with Gasteiger partial charge in [0.05, 0.1) is 5.39 Å². The van der Waals surface area contributed by atoms with Gasteiger partial charge in [-0.2, -0.15) is 0 Å². The molecule has 5 nitrogen and oxygen atoms in total. The Bertz CT molecular complexity index is 1110. The maximum atomic E-state index is 12.9. The minimum Gasteiger partial charge on any atom is -0.280 e. The lowest BCUT2D eigenvalue weighted by atomic mass is 10.0. The van der Waals surface area contributed by atoms with Crippen LogP contribution in [0.3, 0.4) is 0 Å². The van der Waals surface area contributed by atoms with Gasteiger partial charge in [-0.25, -0.2) is 9.78 Å². The zero-order valence-electron chi connectivity index (χ0n) is 16.4. The Hall–Kier alpha value is -2.34. The first kappa shape index (κ1) is 19.4. The monoisotopic (exact) mass is 383 g/mol. The summed E-state index contributed by atoms with van der Waals surface area (Å²) >= 11 is 1.65. The zero-order valence-corrected chi connectivity index (χ0v) is 17.3. The highest BCUT2D eigenvalue weighted by atomic mass is 32.2. The molecular formula is C21H25N3O2S. The Balaban J connectivity index is 2.21. The Morgan fingerprint density at radius 1 is 1.07 bits per heavy atom. The third-order valence-corrected chi connectivity index (χ3v) is 5.97. The van der Waals surface area contributed by atoms with Gasteiger partial charge in [0.1, 0.15) is 5.65 Å². The van der Waals surface area contributed by atoms with Gasteiger partial charge >= 0.3 is 5.69 Å².